The largest absolute Gasteiger partial charge is 0.322 e. The first kappa shape index (κ1) is 16.5. The summed E-state index contributed by atoms with van der Waals surface area (Å²) in [6.45, 7) is -0.489. The Morgan fingerprint density at radius 3 is 2.64 bits per heavy atom. The van der Waals surface area contributed by atoms with Crippen LogP contribution in [0.5, 0.6) is 0 Å². The number of anilines is 1. The Hall–Kier alpha value is -1.84. The molecule has 0 radical (unpaired) electrons. The molecular formula is C13H12F2N2O3S2. The number of benzene rings is 1. The van der Waals surface area contributed by atoms with E-state index >= 15 is 0 Å². The van der Waals surface area contributed by atoms with Crippen LogP contribution in [0.4, 0.5) is 14.5 Å². The van der Waals surface area contributed by atoms with Gasteiger partial charge in [0.2, 0.25) is 5.91 Å². The fraction of sp³-hybridized carbons (Fsp3) is 0.154. The molecule has 0 spiro atoms. The molecule has 0 fully saturated rings. The Bertz CT molecular complexity index is 777. The third-order valence-electron chi connectivity index (χ3n) is 2.73. The molecule has 0 atom stereocenters. The number of likely N-dealkylation sites (N-methyl/N-ethyl adjacent to an activating group) is 1. The molecule has 1 aromatic carbocycles. The predicted octanol–water partition coefficient (Wildman–Crippen LogP) is 2.29. The topological polar surface area (TPSA) is 66.5 Å². The molecule has 1 amide bonds. The van der Waals surface area contributed by atoms with Crippen LogP contribution >= 0.6 is 11.3 Å². The van der Waals surface area contributed by atoms with Crippen molar-refractivity contribution in [2.75, 3.05) is 18.9 Å². The van der Waals surface area contributed by atoms with Crippen molar-refractivity contribution in [3.63, 3.8) is 0 Å². The minimum atomic E-state index is -3.76. The number of halogens is 2. The minimum Gasteiger partial charge on any atom is -0.322 e. The summed E-state index contributed by atoms with van der Waals surface area (Å²) in [5.41, 5.74) is -0.215. The van der Waals surface area contributed by atoms with E-state index in [0.29, 0.717) is 6.07 Å². The molecule has 118 valence electrons. The van der Waals surface area contributed by atoms with E-state index < -0.39 is 34.1 Å². The molecule has 0 bridgehead atoms. The van der Waals surface area contributed by atoms with E-state index in [9.17, 15) is 22.0 Å². The smallest absolute Gasteiger partial charge is 0.252 e. The summed E-state index contributed by atoms with van der Waals surface area (Å²) < 4.78 is 51.4. The maximum atomic E-state index is 13.4. The summed E-state index contributed by atoms with van der Waals surface area (Å²) in [5.74, 6) is -2.43. The van der Waals surface area contributed by atoms with Crippen LogP contribution in [-0.2, 0) is 14.8 Å². The maximum Gasteiger partial charge on any atom is 0.252 e. The number of carbonyl (C=O) groups excluding carboxylic acids is 1. The molecule has 1 N–H and O–H groups in total. The number of hydrogen-bond acceptors (Lipinski definition) is 4. The van der Waals surface area contributed by atoms with Crippen LogP contribution in [-0.4, -0.2) is 32.2 Å². The van der Waals surface area contributed by atoms with Crippen molar-refractivity contribution in [3.8, 4) is 0 Å². The normalized spacial score (nSPS) is 11.6. The van der Waals surface area contributed by atoms with E-state index in [2.05, 4.69) is 5.32 Å². The summed E-state index contributed by atoms with van der Waals surface area (Å²) in [7, 11) is -2.52. The van der Waals surface area contributed by atoms with E-state index in [0.717, 1.165) is 27.8 Å². The second-order valence-corrected chi connectivity index (χ2v) is 7.58. The SMILES string of the molecule is CN(CC(=O)Nc1ccc(F)cc1F)S(=O)(=O)c1cccs1. The zero-order valence-electron chi connectivity index (χ0n) is 11.4. The van der Waals surface area contributed by atoms with Crippen molar-refractivity contribution < 1.29 is 22.0 Å². The van der Waals surface area contributed by atoms with Gasteiger partial charge in [-0.1, -0.05) is 6.07 Å². The molecule has 5 nitrogen and oxygen atoms in total. The first-order valence-electron chi connectivity index (χ1n) is 6.05. The molecule has 0 saturated heterocycles. The van der Waals surface area contributed by atoms with Crippen LogP contribution in [0.3, 0.4) is 0 Å². The number of nitrogens with one attached hydrogen (secondary N) is 1. The number of sulfonamides is 1. The van der Waals surface area contributed by atoms with Crippen molar-refractivity contribution in [1.82, 2.24) is 4.31 Å². The molecule has 2 rings (SSSR count). The van der Waals surface area contributed by atoms with E-state index in [-0.39, 0.29) is 9.90 Å². The van der Waals surface area contributed by atoms with Crippen molar-refractivity contribution >= 4 is 33.0 Å². The highest BCUT2D eigenvalue weighted by atomic mass is 32.2. The number of nitrogens with zero attached hydrogens (tertiary/aromatic N) is 1. The summed E-state index contributed by atoms with van der Waals surface area (Å²) in [6, 6.07) is 5.69. The number of hydrogen-bond donors (Lipinski definition) is 1. The number of amides is 1. The van der Waals surface area contributed by atoms with Gasteiger partial charge >= 0.3 is 0 Å². The Morgan fingerprint density at radius 2 is 2.05 bits per heavy atom. The van der Waals surface area contributed by atoms with Crippen LogP contribution in [0.2, 0.25) is 0 Å². The molecule has 0 saturated carbocycles. The lowest BCUT2D eigenvalue weighted by Gasteiger charge is -2.15. The number of rotatable bonds is 5. The lowest BCUT2D eigenvalue weighted by Crippen LogP contribution is -2.34. The molecule has 1 aromatic heterocycles. The predicted molar refractivity (Wildman–Crippen MR) is 79.1 cm³/mol. The van der Waals surface area contributed by atoms with Crippen molar-refractivity contribution in [3.05, 3.63) is 47.3 Å². The molecule has 2 aromatic rings. The Labute approximate surface area is 130 Å². The Balaban J connectivity index is 2.06. The first-order chi connectivity index (χ1) is 10.3. The van der Waals surface area contributed by atoms with Gasteiger partial charge in [0.25, 0.3) is 10.0 Å². The standard InChI is InChI=1S/C13H12F2N2O3S2/c1-17(22(19,20)13-3-2-6-21-13)8-12(18)16-11-5-4-9(14)7-10(11)15/h2-7H,8H2,1H3,(H,16,18). The summed E-state index contributed by atoms with van der Waals surface area (Å²) in [5, 5.41) is 3.81. The average Bonchev–Trinajstić information content (AvgIpc) is 2.96. The lowest BCUT2D eigenvalue weighted by atomic mass is 10.3. The monoisotopic (exact) mass is 346 g/mol. The molecule has 0 aliphatic rings. The van der Waals surface area contributed by atoms with E-state index in [1.807, 2.05) is 0 Å². The quantitative estimate of drug-likeness (QED) is 0.903. The molecule has 0 unspecified atom stereocenters. The van der Waals surface area contributed by atoms with Gasteiger partial charge in [0.1, 0.15) is 15.8 Å². The number of thiophene rings is 1. The fourth-order valence-corrected chi connectivity index (χ4v) is 3.96. The van der Waals surface area contributed by atoms with Crippen LogP contribution in [0, 0.1) is 11.6 Å². The van der Waals surface area contributed by atoms with E-state index in [1.54, 1.807) is 11.4 Å². The van der Waals surface area contributed by atoms with Crippen LogP contribution in [0.1, 0.15) is 0 Å². The Kier molecular flexibility index (Phi) is 4.89. The maximum absolute atomic E-state index is 13.4. The van der Waals surface area contributed by atoms with Gasteiger partial charge in [0.05, 0.1) is 12.2 Å². The summed E-state index contributed by atoms with van der Waals surface area (Å²) in [4.78, 5) is 11.8. The highest BCUT2D eigenvalue weighted by molar-refractivity contribution is 7.91. The molecule has 9 heteroatoms. The minimum absolute atomic E-state index is 0.107. The van der Waals surface area contributed by atoms with Gasteiger partial charge in [-0.2, -0.15) is 4.31 Å². The van der Waals surface area contributed by atoms with Gasteiger partial charge in [-0.05, 0) is 23.6 Å². The van der Waals surface area contributed by atoms with E-state index in [4.69, 9.17) is 0 Å². The zero-order chi connectivity index (χ0) is 16.3. The summed E-state index contributed by atoms with van der Waals surface area (Å²) in [6.07, 6.45) is 0. The lowest BCUT2D eigenvalue weighted by molar-refractivity contribution is -0.116. The van der Waals surface area contributed by atoms with Crippen molar-refractivity contribution in [2.24, 2.45) is 0 Å². The van der Waals surface area contributed by atoms with Gasteiger partial charge in [-0.3, -0.25) is 4.79 Å². The molecule has 0 aliphatic heterocycles. The van der Waals surface area contributed by atoms with E-state index in [1.165, 1.54) is 13.1 Å². The average molecular weight is 346 g/mol. The molecule has 0 aliphatic carbocycles. The van der Waals surface area contributed by atoms with Gasteiger partial charge < -0.3 is 5.32 Å². The van der Waals surface area contributed by atoms with Crippen LogP contribution in [0.15, 0.2) is 39.9 Å². The van der Waals surface area contributed by atoms with Gasteiger partial charge in [-0.25, -0.2) is 17.2 Å². The molecule has 22 heavy (non-hydrogen) atoms. The van der Waals surface area contributed by atoms with Gasteiger partial charge in [0.15, 0.2) is 0 Å². The van der Waals surface area contributed by atoms with Crippen LogP contribution in [0.25, 0.3) is 0 Å². The van der Waals surface area contributed by atoms with Crippen molar-refractivity contribution in [1.29, 1.82) is 0 Å². The number of carbonyl (C=O) groups is 1. The Morgan fingerprint density at radius 1 is 1.32 bits per heavy atom. The van der Waals surface area contributed by atoms with Crippen LogP contribution < -0.4 is 5.32 Å². The molecular weight excluding hydrogens is 334 g/mol. The second-order valence-electron chi connectivity index (χ2n) is 4.37. The third-order valence-corrected chi connectivity index (χ3v) is 5.91. The fourth-order valence-electron chi connectivity index (χ4n) is 1.63. The van der Waals surface area contributed by atoms with Gasteiger partial charge in [-0.15, -0.1) is 11.3 Å². The highest BCUT2D eigenvalue weighted by Gasteiger charge is 2.24. The van der Waals surface area contributed by atoms with Crippen molar-refractivity contribution in [2.45, 2.75) is 4.21 Å². The molecule has 1 heterocycles. The zero-order valence-corrected chi connectivity index (χ0v) is 13.0. The third kappa shape index (κ3) is 3.67. The summed E-state index contributed by atoms with van der Waals surface area (Å²) >= 11 is 1.03. The second kappa shape index (κ2) is 6.51. The highest BCUT2D eigenvalue weighted by Crippen LogP contribution is 2.20. The first-order valence-corrected chi connectivity index (χ1v) is 8.37. The van der Waals surface area contributed by atoms with Gasteiger partial charge in [0, 0.05) is 13.1 Å².